The van der Waals surface area contributed by atoms with Crippen LogP contribution in [0, 0.1) is 0 Å². The molecule has 0 aliphatic carbocycles. The monoisotopic (exact) mass is 444 g/mol. The highest BCUT2D eigenvalue weighted by Gasteiger charge is 2.11. The summed E-state index contributed by atoms with van der Waals surface area (Å²) >= 11 is 18.5. The van der Waals surface area contributed by atoms with E-state index in [-0.39, 0.29) is 0 Å². The van der Waals surface area contributed by atoms with Gasteiger partial charge < -0.3 is 19.7 Å². The molecular formula is C21H27Cl3N2O2. The van der Waals surface area contributed by atoms with E-state index in [0.29, 0.717) is 39.7 Å². The lowest BCUT2D eigenvalue weighted by Gasteiger charge is -2.18. The average molecular weight is 446 g/mol. The summed E-state index contributed by atoms with van der Waals surface area (Å²) in [6, 6.07) is 9.11. The maximum atomic E-state index is 6.46. The Kier molecular flexibility index (Phi) is 9.69. The van der Waals surface area contributed by atoms with Crippen LogP contribution in [0.15, 0.2) is 30.3 Å². The largest absolute Gasteiger partial charge is 0.493 e. The van der Waals surface area contributed by atoms with E-state index in [1.807, 2.05) is 12.1 Å². The fraction of sp³-hybridized carbons (Fsp3) is 0.429. The number of halogens is 3. The Morgan fingerprint density at radius 2 is 1.68 bits per heavy atom. The summed E-state index contributed by atoms with van der Waals surface area (Å²) in [7, 11) is 1.62. The summed E-state index contributed by atoms with van der Waals surface area (Å²) in [5, 5.41) is 5.09. The van der Waals surface area contributed by atoms with Gasteiger partial charge in [0, 0.05) is 30.7 Å². The zero-order valence-corrected chi connectivity index (χ0v) is 18.8. The van der Waals surface area contributed by atoms with Crippen LogP contribution in [0.4, 0.5) is 0 Å². The molecule has 4 nitrogen and oxygen atoms in total. The Labute approximate surface area is 182 Å². The highest BCUT2D eigenvalue weighted by Crippen LogP contribution is 2.34. The van der Waals surface area contributed by atoms with Crippen molar-refractivity contribution in [2.24, 2.45) is 0 Å². The summed E-state index contributed by atoms with van der Waals surface area (Å²) in [6.07, 6.45) is 0. The van der Waals surface area contributed by atoms with E-state index in [2.05, 4.69) is 24.1 Å². The highest BCUT2D eigenvalue weighted by atomic mass is 35.5. The predicted molar refractivity (Wildman–Crippen MR) is 118 cm³/mol. The molecule has 0 saturated carbocycles. The standard InChI is InChI=1S/C21H27Cl3N2O2/c1-4-26(5-2)9-8-25-13-16-11-20(27-3)21(12-18(16)23)28-14-15-6-7-17(22)19(24)10-15/h6-7,10-12,25H,4-5,8-9,13-14H2,1-3H3. The van der Waals surface area contributed by atoms with Crippen LogP contribution < -0.4 is 14.8 Å². The van der Waals surface area contributed by atoms with Gasteiger partial charge in [-0.3, -0.25) is 0 Å². The van der Waals surface area contributed by atoms with Crippen LogP contribution in [0.3, 0.4) is 0 Å². The smallest absolute Gasteiger partial charge is 0.163 e. The first kappa shape index (κ1) is 23.1. The van der Waals surface area contributed by atoms with Crippen molar-refractivity contribution in [1.29, 1.82) is 0 Å². The van der Waals surface area contributed by atoms with Crippen LogP contribution in [0.2, 0.25) is 15.1 Å². The van der Waals surface area contributed by atoms with Crippen molar-refractivity contribution < 1.29 is 9.47 Å². The maximum Gasteiger partial charge on any atom is 0.163 e. The number of rotatable bonds is 11. The van der Waals surface area contributed by atoms with Crippen LogP contribution in [0.5, 0.6) is 11.5 Å². The zero-order chi connectivity index (χ0) is 20.5. The van der Waals surface area contributed by atoms with Crippen LogP contribution in [-0.2, 0) is 13.2 Å². The number of nitrogens with zero attached hydrogens (tertiary/aromatic N) is 1. The maximum absolute atomic E-state index is 6.46. The fourth-order valence-corrected chi connectivity index (χ4v) is 3.32. The van der Waals surface area contributed by atoms with Gasteiger partial charge in [-0.1, -0.05) is 54.7 Å². The number of hydrogen-bond donors (Lipinski definition) is 1. The molecule has 2 aromatic carbocycles. The van der Waals surface area contributed by atoms with Gasteiger partial charge >= 0.3 is 0 Å². The quantitative estimate of drug-likeness (QED) is 0.452. The minimum absolute atomic E-state index is 0.338. The number of ether oxygens (including phenoxy) is 2. The molecule has 0 unspecified atom stereocenters. The molecule has 2 rings (SSSR count). The van der Waals surface area contributed by atoms with Gasteiger partial charge in [0.25, 0.3) is 0 Å². The lowest BCUT2D eigenvalue weighted by atomic mass is 10.2. The fourth-order valence-electron chi connectivity index (χ4n) is 2.78. The molecule has 154 valence electrons. The topological polar surface area (TPSA) is 33.7 Å². The minimum atomic E-state index is 0.338. The molecule has 0 aliphatic heterocycles. The van der Waals surface area contributed by atoms with Crippen LogP contribution in [0.25, 0.3) is 0 Å². The van der Waals surface area contributed by atoms with Crippen LogP contribution in [-0.4, -0.2) is 38.2 Å². The van der Waals surface area contributed by atoms with Gasteiger partial charge in [-0.25, -0.2) is 0 Å². The zero-order valence-electron chi connectivity index (χ0n) is 16.5. The average Bonchev–Trinajstić information content (AvgIpc) is 2.70. The number of nitrogens with one attached hydrogen (secondary N) is 1. The van der Waals surface area contributed by atoms with E-state index >= 15 is 0 Å². The molecule has 28 heavy (non-hydrogen) atoms. The molecule has 7 heteroatoms. The Balaban J connectivity index is 1.98. The molecular weight excluding hydrogens is 419 g/mol. The summed E-state index contributed by atoms with van der Waals surface area (Å²) in [6.45, 7) is 9.36. The molecule has 0 heterocycles. The summed E-state index contributed by atoms with van der Waals surface area (Å²) in [4.78, 5) is 2.37. The SMILES string of the molecule is CCN(CC)CCNCc1cc(OC)c(OCc2ccc(Cl)c(Cl)c2)cc1Cl. The summed E-state index contributed by atoms with van der Waals surface area (Å²) < 4.78 is 11.4. The Morgan fingerprint density at radius 1 is 0.929 bits per heavy atom. The second-order valence-corrected chi connectivity index (χ2v) is 7.56. The number of hydrogen-bond acceptors (Lipinski definition) is 4. The molecule has 0 aliphatic rings. The molecule has 1 N–H and O–H groups in total. The molecule has 0 aromatic heterocycles. The molecule has 2 aromatic rings. The highest BCUT2D eigenvalue weighted by molar-refractivity contribution is 6.42. The molecule has 0 amide bonds. The normalized spacial score (nSPS) is 11.1. The first-order valence-electron chi connectivity index (χ1n) is 9.34. The van der Waals surface area contributed by atoms with Gasteiger partial charge in [-0.05, 0) is 42.4 Å². The van der Waals surface area contributed by atoms with Crippen molar-refractivity contribution in [2.75, 3.05) is 33.3 Å². The van der Waals surface area contributed by atoms with Crippen molar-refractivity contribution in [3.63, 3.8) is 0 Å². The molecule has 0 atom stereocenters. The second-order valence-electron chi connectivity index (χ2n) is 6.34. The van der Waals surface area contributed by atoms with Crippen molar-refractivity contribution >= 4 is 34.8 Å². The lowest BCUT2D eigenvalue weighted by Crippen LogP contribution is -2.31. The molecule has 0 saturated heterocycles. The van der Waals surface area contributed by atoms with Gasteiger partial charge in [0.15, 0.2) is 11.5 Å². The van der Waals surface area contributed by atoms with Gasteiger partial charge in [-0.15, -0.1) is 0 Å². The first-order chi connectivity index (χ1) is 13.5. The van der Waals surface area contributed by atoms with E-state index in [4.69, 9.17) is 44.3 Å². The number of benzene rings is 2. The third-order valence-electron chi connectivity index (χ3n) is 4.53. The van der Waals surface area contributed by atoms with Gasteiger partial charge in [-0.2, -0.15) is 0 Å². The van der Waals surface area contributed by atoms with Crippen molar-refractivity contribution in [3.05, 3.63) is 56.5 Å². The molecule has 0 radical (unpaired) electrons. The van der Waals surface area contributed by atoms with E-state index < -0.39 is 0 Å². The Hall–Kier alpha value is -1.17. The number of likely N-dealkylation sites (N-methyl/N-ethyl adjacent to an activating group) is 1. The van der Waals surface area contributed by atoms with Gasteiger partial charge in [0.2, 0.25) is 0 Å². The molecule has 0 spiro atoms. The van der Waals surface area contributed by atoms with E-state index in [9.17, 15) is 0 Å². The lowest BCUT2D eigenvalue weighted by molar-refractivity contribution is 0.284. The minimum Gasteiger partial charge on any atom is -0.493 e. The Bertz CT molecular complexity index is 768. The van der Waals surface area contributed by atoms with Crippen molar-refractivity contribution in [1.82, 2.24) is 10.2 Å². The van der Waals surface area contributed by atoms with Crippen molar-refractivity contribution in [2.45, 2.75) is 27.0 Å². The van der Waals surface area contributed by atoms with Crippen LogP contribution in [0.1, 0.15) is 25.0 Å². The molecule has 0 bridgehead atoms. The van der Waals surface area contributed by atoms with Gasteiger partial charge in [0.1, 0.15) is 6.61 Å². The van der Waals surface area contributed by atoms with E-state index in [1.165, 1.54) is 0 Å². The summed E-state index contributed by atoms with van der Waals surface area (Å²) in [5.74, 6) is 1.23. The number of methoxy groups -OCH3 is 1. The van der Waals surface area contributed by atoms with Crippen LogP contribution >= 0.6 is 34.8 Å². The van der Waals surface area contributed by atoms with E-state index in [1.54, 1.807) is 25.3 Å². The van der Waals surface area contributed by atoms with Crippen molar-refractivity contribution in [3.8, 4) is 11.5 Å². The molecule has 0 fully saturated rings. The third-order valence-corrected chi connectivity index (χ3v) is 5.62. The summed E-state index contributed by atoms with van der Waals surface area (Å²) in [5.41, 5.74) is 1.88. The Morgan fingerprint density at radius 3 is 2.32 bits per heavy atom. The predicted octanol–water partition coefficient (Wildman–Crippen LogP) is 5.67. The van der Waals surface area contributed by atoms with Gasteiger partial charge in [0.05, 0.1) is 17.2 Å². The van der Waals surface area contributed by atoms with E-state index in [0.717, 1.165) is 37.3 Å². The third kappa shape index (κ3) is 6.71. The first-order valence-corrected chi connectivity index (χ1v) is 10.5. The second kappa shape index (κ2) is 11.7.